The molecule has 0 saturated carbocycles. The van der Waals surface area contributed by atoms with Crippen molar-refractivity contribution < 1.29 is 13.6 Å². The van der Waals surface area contributed by atoms with Crippen LogP contribution in [0.25, 0.3) is 0 Å². The number of amides is 1. The third kappa shape index (κ3) is 3.44. The van der Waals surface area contributed by atoms with Crippen LogP contribution in [0.15, 0.2) is 12.1 Å². The van der Waals surface area contributed by atoms with E-state index in [9.17, 15) is 13.6 Å². The Bertz CT molecular complexity index is 464. The molecule has 1 amide bonds. The van der Waals surface area contributed by atoms with E-state index >= 15 is 0 Å². The molecule has 19 heavy (non-hydrogen) atoms. The Labute approximate surface area is 117 Å². The molecule has 5 heteroatoms. The standard InChI is InChI=1S/C14H18ClF2NO/c1-4-14(5-2,8-15)18-13(19)10-6-9(3)11(16)7-12(10)17/h6-7H,4-5,8H2,1-3H3,(H,18,19). The molecular formula is C14H18ClF2NO. The summed E-state index contributed by atoms with van der Waals surface area (Å²) in [6.45, 7) is 5.29. The fourth-order valence-corrected chi connectivity index (χ4v) is 2.23. The third-order valence-corrected chi connectivity index (χ3v) is 3.99. The summed E-state index contributed by atoms with van der Waals surface area (Å²) in [5.41, 5.74) is -0.487. The van der Waals surface area contributed by atoms with E-state index in [0.29, 0.717) is 12.8 Å². The van der Waals surface area contributed by atoms with Gasteiger partial charge in [-0.2, -0.15) is 0 Å². The maximum absolute atomic E-state index is 13.6. The minimum atomic E-state index is -0.865. The van der Waals surface area contributed by atoms with Crippen LogP contribution >= 0.6 is 11.6 Å². The number of nitrogens with one attached hydrogen (secondary N) is 1. The van der Waals surface area contributed by atoms with Gasteiger partial charge in [-0.15, -0.1) is 11.6 Å². The Morgan fingerprint density at radius 3 is 2.32 bits per heavy atom. The van der Waals surface area contributed by atoms with Crippen molar-refractivity contribution in [2.75, 3.05) is 5.88 Å². The second-order valence-corrected chi connectivity index (χ2v) is 4.92. The zero-order valence-corrected chi connectivity index (χ0v) is 12.1. The van der Waals surface area contributed by atoms with Crippen LogP contribution in [0.1, 0.15) is 42.6 Å². The molecule has 0 saturated heterocycles. The minimum absolute atomic E-state index is 0.157. The molecule has 0 bridgehead atoms. The van der Waals surface area contributed by atoms with E-state index < -0.39 is 23.1 Å². The largest absolute Gasteiger partial charge is 0.345 e. The Kier molecular flexibility index (Phi) is 5.29. The highest BCUT2D eigenvalue weighted by Gasteiger charge is 2.28. The van der Waals surface area contributed by atoms with E-state index in [1.54, 1.807) is 0 Å². The molecule has 0 fully saturated rings. The molecule has 0 heterocycles. The maximum Gasteiger partial charge on any atom is 0.254 e. The van der Waals surface area contributed by atoms with E-state index in [-0.39, 0.29) is 17.0 Å². The predicted octanol–water partition coefficient (Wildman–Crippen LogP) is 3.80. The van der Waals surface area contributed by atoms with E-state index in [0.717, 1.165) is 6.07 Å². The molecular weight excluding hydrogens is 272 g/mol. The quantitative estimate of drug-likeness (QED) is 0.821. The lowest BCUT2D eigenvalue weighted by atomic mass is 9.94. The molecule has 1 rings (SSSR count). The summed E-state index contributed by atoms with van der Waals surface area (Å²) in [6, 6.07) is 1.94. The molecule has 0 aromatic heterocycles. The van der Waals surface area contributed by atoms with Crippen LogP contribution in [0.5, 0.6) is 0 Å². The van der Waals surface area contributed by atoms with Crippen LogP contribution in [0.3, 0.4) is 0 Å². The molecule has 1 aromatic rings. The molecule has 0 spiro atoms. The van der Waals surface area contributed by atoms with Crippen LogP contribution in [-0.2, 0) is 0 Å². The second-order valence-electron chi connectivity index (χ2n) is 4.66. The van der Waals surface area contributed by atoms with Gasteiger partial charge in [0.25, 0.3) is 5.91 Å². The van der Waals surface area contributed by atoms with E-state index in [1.807, 2.05) is 13.8 Å². The van der Waals surface area contributed by atoms with Gasteiger partial charge in [-0.3, -0.25) is 4.79 Å². The van der Waals surface area contributed by atoms with Gasteiger partial charge in [-0.05, 0) is 31.4 Å². The molecule has 0 unspecified atom stereocenters. The molecule has 0 aliphatic heterocycles. The Morgan fingerprint density at radius 2 is 1.84 bits per heavy atom. The van der Waals surface area contributed by atoms with Crippen LogP contribution < -0.4 is 5.32 Å². The zero-order valence-electron chi connectivity index (χ0n) is 11.3. The van der Waals surface area contributed by atoms with Crippen molar-refractivity contribution in [3.8, 4) is 0 Å². The molecule has 0 radical (unpaired) electrons. The summed E-state index contributed by atoms with van der Waals surface area (Å²) in [5.74, 6) is -1.85. The van der Waals surface area contributed by atoms with Gasteiger partial charge in [-0.1, -0.05) is 13.8 Å². The summed E-state index contributed by atoms with van der Waals surface area (Å²) in [6.07, 6.45) is 1.28. The van der Waals surface area contributed by atoms with Crippen molar-refractivity contribution in [2.24, 2.45) is 0 Å². The topological polar surface area (TPSA) is 29.1 Å². The number of benzene rings is 1. The van der Waals surface area contributed by atoms with Crippen molar-refractivity contribution in [1.82, 2.24) is 5.32 Å². The lowest BCUT2D eigenvalue weighted by Crippen LogP contribution is -2.49. The first-order valence-electron chi connectivity index (χ1n) is 6.23. The van der Waals surface area contributed by atoms with Gasteiger partial charge in [0, 0.05) is 11.9 Å². The summed E-state index contributed by atoms with van der Waals surface area (Å²) in [7, 11) is 0. The number of halogens is 3. The second kappa shape index (κ2) is 6.33. The highest BCUT2D eigenvalue weighted by atomic mass is 35.5. The van der Waals surface area contributed by atoms with E-state index in [4.69, 9.17) is 11.6 Å². The van der Waals surface area contributed by atoms with Gasteiger partial charge in [0.2, 0.25) is 0 Å². The number of rotatable bonds is 5. The summed E-state index contributed by atoms with van der Waals surface area (Å²) in [4.78, 5) is 12.1. The summed E-state index contributed by atoms with van der Waals surface area (Å²) < 4.78 is 26.8. The molecule has 1 N–H and O–H groups in total. The molecule has 1 aromatic carbocycles. The number of aryl methyl sites for hydroxylation is 1. The van der Waals surface area contributed by atoms with Crippen molar-refractivity contribution in [1.29, 1.82) is 0 Å². The van der Waals surface area contributed by atoms with Gasteiger partial charge in [-0.25, -0.2) is 8.78 Å². The van der Waals surface area contributed by atoms with E-state index in [1.165, 1.54) is 13.0 Å². The maximum atomic E-state index is 13.6. The molecule has 2 nitrogen and oxygen atoms in total. The number of alkyl halides is 1. The monoisotopic (exact) mass is 289 g/mol. The zero-order chi connectivity index (χ0) is 14.6. The number of hydrogen-bond acceptors (Lipinski definition) is 1. The number of hydrogen-bond donors (Lipinski definition) is 1. The smallest absolute Gasteiger partial charge is 0.254 e. The Hall–Kier alpha value is -1.16. The predicted molar refractivity (Wildman–Crippen MR) is 72.6 cm³/mol. The Morgan fingerprint density at radius 1 is 1.26 bits per heavy atom. The SMILES string of the molecule is CCC(CC)(CCl)NC(=O)c1cc(C)c(F)cc1F. The first kappa shape index (κ1) is 15.9. The molecule has 0 atom stereocenters. The third-order valence-electron chi connectivity index (χ3n) is 3.48. The normalized spacial score (nSPS) is 11.5. The molecule has 0 aliphatic carbocycles. The van der Waals surface area contributed by atoms with Gasteiger partial charge in [0.05, 0.1) is 11.1 Å². The van der Waals surface area contributed by atoms with Crippen LogP contribution in [0.2, 0.25) is 0 Å². The molecule has 106 valence electrons. The fourth-order valence-electron chi connectivity index (χ4n) is 1.79. The van der Waals surface area contributed by atoms with Gasteiger partial charge >= 0.3 is 0 Å². The first-order chi connectivity index (χ1) is 8.89. The summed E-state index contributed by atoms with van der Waals surface area (Å²) >= 11 is 5.88. The van der Waals surface area contributed by atoms with Crippen molar-refractivity contribution in [2.45, 2.75) is 39.2 Å². The van der Waals surface area contributed by atoms with Crippen LogP contribution in [0.4, 0.5) is 8.78 Å². The lowest BCUT2D eigenvalue weighted by Gasteiger charge is -2.30. The van der Waals surface area contributed by atoms with Gasteiger partial charge in [0.1, 0.15) is 11.6 Å². The number of carbonyl (C=O) groups is 1. The first-order valence-corrected chi connectivity index (χ1v) is 6.76. The van der Waals surface area contributed by atoms with Crippen molar-refractivity contribution in [3.05, 3.63) is 34.9 Å². The lowest BCUT2D eigenvalue weighted by molar-refractivity contribution is 0.0898. The average Bonchev–Trinajstić information content (AvgIpc) is 2.40. The minimum Gasteiger partial charge on any atom is -0.345 e. The van der Waals surface area contributed by atoms with Crippen LogP contribution in [0, 0.1) is 18.6 Å². The van der Waals surface area contributed by atoms with Gasteiger partial charge < -0.3 is 5.32 Å². The number of carbonyl (C=O) groups excluding carboxylic acids is 1. The van der Waals surface area contributed by atoms with Crippen molar-refractivity contribution >= 4 is 17.5 Å². The van der Waals surface area contributed by atoms with Crippen LogP contribution in [-0.4, -0.2) is 17.3 Å². The highest BCUT2D eigenvalue weighted by Crippen LogP contribution is 2.20. The van der Waals surface area contributed by atoms with Crippen molar-refractivity contribution in [3.63, 3.8) is 0 Å². The fraction of sp³-hybridized carbons (Fsp3) is 0.500. The summed E-state index contributed by atoms with van der Waals surface area (Å²) in [5, 5.41) is 2.75. The van der Waals surface area contributed by atoms with E-state index in [2.05, 4.69) is 5.32 Å². The Balaban J connectivity index is 3.04. The van der Waals surface area contributed by atoms with Gasteiger partial charge in [0.15, 0.2) is 0 Å². The molecule has 0 aliphatic rings. The highest BCUT2D eigenvalue weighted by molar-refractivity contribution is 6.19. The average molecular weight is 290 g/mol.